The third kappa shape index (κ3) is 3.03. The van der Waals surface area contributed by atoms with Crippen molar-refractivity contribution in [3.05, 3.63) is 22.2 Å². The molecule has 0 aromatic heterocycles. The molecule has 0 spiro atoms. The number of rotatable bonds is 1. The molecule has 10 heavy (non-hydrogen) atoms. The molecule has 2 heteroatoms. The first-order valence-electron chi connectivity index (χ1n) is 3.49. The standard InChI is InChI=1S/C8H11.ClH.Pt/c1-2-4-6-8-7-5-3-1;;/h1-3H,4,6-8H2;1H;/q;;+1/p-1. The normalized spacial score (nSPS) is 19.9. The fraction of sp³-hybridized carbons (Fsp3) is 0.500. The van der Waals surface area contributed by atoms with Crippen LogP contribution in [0.5, 0.6) is 0 Å². The van der Waals surface area contributed by atoms with Gasteiger partial charge in [0.2, 0.25) is 0 Å². The molecule has 1 aliphatic rings. The van der Waals surface area contributed by atoms with Crippen LogP contribution < -0.4 is 0 Å². The van der Waals surface area contributed by atoms with E-state index >= 15 is 0 Å². The van der Waals surface area contributed by atoms with E-state index in [2.05, 4.69) is 18.2 Å². The molecule has 0 aromatic carbocycles. The summed E-state index contributed by atoms with van der Waals surface area (Å²) in [5.41, 5.74) is 0. The van der Waals surface area contributed by atoms with Crippen molar-refractivity contribution in [1.82, 2.24) is 0 Å². The van der Waals surface area contributed by atoms with E-state index in [1.54, 1.807) is 0 Å². The average molecular weight is 338 g/mol. The first kappa shape index (κ1) is 8.55. The number of hydrogen-bond acceptors (Lipinski definition) is 0. The monoisotopic (exact) mass is 337 g/mol. The van der Waals surface area contributed by atoms with Crippen LogP contribution in [0.1, 0.15) is 25.7 Å². The van der Waals surface area contributed by atoms with Crippen molar-refractivity contribution >= 4 is 9.42 Å². The van der Waals surface area contributed by atoms with Crippen molar-refractivity contribution in [3.8, 4) is 0 Å². The third-order valence-corrected chi connectivity index (χ3v) is 4.26. The number of hydrogen-bond donors (Lipinski definition) is 0. The summed E-state index contributed by atoms with van der Waals surface area (Å²) >= 11 is -0.170. The molecule has 0 nitrogen and oxygen atoms in total. The fourth-order valence-corrected chi connectivity index (χ4v) is 2.73. The van der Waals surface area contributed by atoms with E-state index in [0.717, 1.165) is 0 Å². The summed E-state index contributed by atoms with van der Waals surface area (Å²) in [6, 6.07) is 0. The molecule has 0 bridgehead atoms. The molecule has 1 rings (SSSR count). The van der Waals surface area contributed by atoms with Gasteiger partial charge in [-0.05, 0) is 0 Å². The van der Waals surface area contributed by atoms with Gasteiger partial charge in [0.05, 0.1) is 0 Å². The maximum atomic E-state index is 5.82. The molecule has 0 aliphatic heterocycles. The van der Waals surface area contributed by atoms with Crippen LogP contribution in [0.4, 0.5) is 0 Å². The molecule has 0 saturated heterocycles. The van der Waals surface area contributed by atoms with Gasteiger partial charge in [0, 0.05) is 0 Å². The second kappa shape index (κ2) is 5.15. The van der Waals surface area contributed by atoms with Crippen LogP contribution in [0.15, 0.2) is 22.2 Å². The second-order valence-corrected chi connectivity index (χ2v) is 5.17. The average Bonchev–Trinajstić information content (AvgIpc) is 1.87. The number of allylic oxidation sites excluding steroid dienone is 4. The molecule has 0 heterocycles. The minimum atomic E-state index is -0.170. The van der Waals surface area contributed by atoms with Gasteiger partial charge >= 0.3 is 74.8 Å². The maximum absolute atomic E-state index is 5.82. The van der Waals surface area contributed by atoms with Crippen LogP contribution in [0.3, 0.4) is 0 Å². The van der Waals surface area contributed by atoms with Crippen molar-refractivity contribution in [2.24, 2.45) is 0 Å². The third-order valence-electron chi connectivity index (χ3n) is 1.50. The van der Waals surface area contributed by atoms with Gasteiger partial charge in [-0.1, -0.05) is 0 Å². The zero-order valence-corrected chi connectivity index (χ0v) is 8.78. The van der Waals surface area contributed by atoms with Crippen molar-refractivity contribution in [2.75, 3.05) is 0 Å². The molecule has 0 fully saturated rings. The predicted molar refractivity (Wildman–Crippen MR) is 41.5 cm³/mol. The van der Waals surface area contributed by atoms with E-state index in [0.29, 0.717) is 0 Å². The Balaban J connectivity index is 2.49. The summed E-state index contributed by atoms with van der Waals surface area (Å²) in [5.74, 6) is 0. The molecule has 0 unspecified atom stereocenters. The van der Waals surface area contributed by atoms with Crippen LogP contribution in [0.25, 0.3) is 0 Å². The zero-order valence-electron chi connectivity index (χ0n) is 5.75. The van der Waals surface area contributed by atoms with E-state index in [9.17, 15) is 0 Å². The minimum absolute atomic E-state index is 0.170. The summed E-state index contributed by atoms with van der Waals surface area (Å²) in [4.78, 5) is 0. The van der Waals surface area contributed by atoms with Gasteiger partial charge in [-0.2, -0.15) is 0 Å². The molecule has 0 amide bonds. The van der Waals surface area contributed by atoms with Crippen molar-refractivity contribution in [1.29, 1.82) is 0 Å². The van der Waals surface area contributed by atoms with Gasteiger partial charge < -0.3 is 0 Å². The molecule has 1 aliphatic carbocycles. The molecule has 0 saturated carbocycles. The topological polar surface area (TPSA) is 0 Å². The van der Waals surface area contributed by atoms with Gasteiger partial charge in [0.1, 0.15) is 0 Å². The van der Waals surface area contributed by atoms with Gasteiger partial charge in [0.25, 0.3) is 0 Å². The van der Waals surface area contributed by atoms with Gasteiger partial charge in [-0.15, -0.1) is 0 Å². The Morgan fingerprint density at radius 3 is 3.10 bits per heavy atom. The SMILES string of the molecule is [Cl][Pt][C]1=CC=CCCCC1. The summed E-state index contributed by atoms with van der Waals surface area (Å²) in [7, 11) is 5.82. The Morgan fingerprint density at radius 1 is 1.40 bits per heavy atom. The van der Waals surface area contributed by atoms with Crippen LogP contribution in [0, 0.1) is 0 Å². The van der Waals surface area contributed by atoms with Crippen LogP contribution >= 0.6 is 9.42 Å². The molecular weight excluding hydrogens is 327 g/mol. The summed E-state index contributed by atoms with van der Waals surface area (Å²) < 4.78 is 1.48. The molecule has 0 N–H and O–H groups in total. The second-order valence-electron chi connectivity index (χ2n) is 2.31. The zero-order chi connectivity index (χ0) is 7.23. The van der Waals surface area contributed by atoms with E-state index in [1.807, 2.05) is 0 Å². The fourth-order valence-electron chi connectivity index (χ4n) is 0.941. The summed E-state index contributed by atoms with van der Waals surface area (Å²) in [6.45, 7) is 0. The van der Waals surface area contributed by atoms with E-state index in [-0.39, 0.29) is 17.5 Å². The predicted octanol–water partition coefficient (Wildman–Crippen LogP) is 3.24. The van der Waals surface area contributed by atoms with Crippen LogP contribution in [-0.2, 0) is 17.5 Å². The van der Waals surface area contributed by atoms with Crippen molar-refractivity contribution in [3.63, 3.8) is 0 Å². The van der Waals surface area contributed by atoms with Crippen LogP contribution in [-0.4, -0.2) is 0 Å². The Kier molecular flexibility index (Phi) is 4.41. The summed E-state index contributed by atoms with van der Waals surface area (Å²) in [6.07, 6.45) is 11.7. The Labute approximate surface area is 74.8 Å². The molecular formula is C8H11ClPt. The van der Waals surface area contributed by atoms with E-state index in [1.165, 1.54) is 29.6 Å². The first-order valence-corrected chi connectivity index (χ1v) is 7.45. The molecule has 0 aromatic rings. The van der Waals surface area contributed by atoms with E-state index in [4.69, 9.17) is 9.42 Å². The Morgan fingerprint density at radius 2 is 2.30 bits per heavy atom. The Hall–Kier alpha value is 0.458. The van der Waals surface area contributed by atoms with Gasteiger partial charge in [-0.3, -0.25) is 0 Å². The molecule has 0 atom stereocenters. The van der Waals surface area contributed by atoms with E-state index < -0.39 is 0 Å². The summed E-state index contributed by atoms with van der Waals surface area (Å²) in [5, 5.41) is 0. The van der Waals surface area contributed by atoms with Crippen molar-refractivity contribution in [2.45, 2.75) is 25.7 Å². The molecule has 60 valence electrons. The van der Waals surface area contributed by atoms with Gasteiger partial charge in [-0.25, -0.2) is 0 Å². The molecule has 0 radical (unpaired) electrons. The van der Waals surface area contributed by atoms with Gasteiger partial charge in [0.15, 0.2) is 0 Å². The quantitative estimate of drug-likeness (QED) is 0.689. The first-order chi connectivity index (χ1) is 4.93. The number of halogens is 1. The Bertz CT molecular complexity index is 149. The van der Waals surface area contributed by atoms with Crippen molar-refractivity contribution < 1.29 is 17.5 Å². The van der Waals surface area contributed by atoms with Crippen LogP contribution in [0.2, 0.25) is 0 Å².